The van der Waals surface area contributed by atoms with Crippen molar-refractivity contribution in [3.63, 3.8) is 0 Å². The van der Waals surface area contributed by atoms with Crippen LogP contribution in [0.2, 0.25) is 0 Å². The normalized spacial score (nSPS) is 10.9. The summed E-state index contributed by atoms with van der Waals surface area (Å²) in [6.07, 6.45) is 0. The summed E-state index contributed by atoms with van der Waals surface area (Å²) < 4.78 is 33.2. The number of nitrogens with zero attached hydrogens (tertiary/aromatic N) is 2. The molecule has 0 N–H and O–H groups in total. The Hall–Kier alpha value is -1.60. The molecule has 21 heavy (non-hydrogen) atoms. The highest BCUT2D eigenvalue weighted by Gasteiger charge is 2.13. The van der Waals surface area contributed by atoms with Crippen LogP contribution in [0.3, 0.4) is 0 Å². The fraction of sp³-hybridized carbons (Fsp3) is 0. The Kier molecular flexibility index (Phi) is 3.86. The molecule has 0 radical (unpaired) electrons. The topological polar surface area (TPSA) is 38.9 Å². The van der Waals surface area contributed by atoms with Gasteiger partial charge in [-0.05, 0) is 68.3 Å². The van der Waals surface area contributed by atoms with Crippen molar-refractivity contribution in [2.45, 2.75) is 0 Å². The van der Waals surface area contributed by atoms with Gasteiger partial charge in [-0.15, -0.1) is 10.2 Å². The molecule has 1 aromatic heterocycles. The van der Waals surface area contributed by atoms with Crippen molar-refractivity contribution in [1.82, 2.24) is 10.2 Å². The molecule has 0 amide bonds. The molecule has 2 aromatic carbocycles. The van der Waals surface area contributed by atoms with Gasteiger partial charge in [0, 0.05) is 11.1 Å². The van der Waals surface area contributed by atoms with Gasteiger partial charge < -0.3 is 4.42 Å². The molecule has 106 valence electrons. The largest absolute Gasteiger partial charge is 0.416 e. The van der Waals surface area contributed by atoms with Crippen LogP contribution in [0.25, 0.3) is 22.9 Å². The number of hydrogen-bond acceptors (Lipinski definition) is 3. The lowest BCUT2D eigenvalue weighted by molar-refractivity contribution is 0.579. The fourth-order valence-electron chi connectivity index (χ4n) is 1.71. The van der Waals surface area contributed by atoms with Crippen LogP contribution in [-0.4, -0.2) is 10.2 Å². The zero-order chi connectivity index (χ0) is 15.0. The maximum absolute atomic E-state index is 13.5. The van der Waals surface area contributed by atoms with Gasteiger partial charge in [0.1, 0.15) is 11.6 Å². The highest BCUT2D eigenvalue weighted by atomic mass is 79.9. The summed E-state index contributed by atoms with van der Waals surface area (Å²) in [7, 11) is 0. The fourth-order valence-corrected chi connectivity index (χ4v) is 2.21. The molecule has 0 aliphatic heterocycles. The molecule has 0 saturated carbocycles. The smallest absolute Gasteiger partial charge is 0.248 e. The first-order valence-electron chi connectivity index (χ1n) is 5.79. The first kappa shape index (κ1) is 14.3. The van der Waals surface area contributed by atoms with Crippen LogP contribution >= 0.6 is 31.9 Å². The van der Waals surface area contributed by atoms with Crippen LogP contribution in [-0.2, 0) is 0 Å². The third-order valence-corrected chi connectivity index (χ3v) is 4.04. The first-order chi connectivity index (χ1) is 10.0. The van der Waals surface area contributed by atoms with Crippen molar-refractivity contribution in [2.24, 2.45) is 0 Å². The Bertz CT molecular complexity index is 754. The lowest BCUT2D eigenvalue weighted by Crippen LogP contribution is -1.82. The van der Waals surface area contributed by atoms with Crippen molar-refractivity contribution in [3.05, 3.63) is 57.0 Å². The van der Waals surface area contributed by atoms with E-state index in [-0.39, 0.29) is 11.8 Å². The standard InChI is InChI=1S/C14H6Br2F2N2O/c15-9-3-1-7(5-11(9)17)13-19-20-14(21-13)8-2-4-10(16)12(18)6-8/h1-6H. The molecular formula is C14H6Br2F2N2O. The van der Waals surface area contributed by atoms with Crippen molar-refractivity contribution >= 4 is 31.9 Å². The van der Waals surface area contributed by atoms with E-state index in [9.17, 15) is 8.78 Å². The number of aromatic nitrogens is 2. The third-order valence-electron chi connectivity index (χ3n) is 2.76. The summed E-state index contributed by atoms with van der Waals surface area (Å²) in [6.45, 7) is 0. The van der Waals surface area contributed by atoms with E-state index in [4.69, 9.17) is 4.42 Å². The molecule has 7 heteroatoms. The van der Waals surface area contributed by atoms with E-state index < -0.39 is 11.6 Å². The summed E-state index contributed by atoms with van der Waals surface area (Å²) in [4.78, 5) is 0. The molecule has 0 aliphatic rings. The molecule has 0 saturated heterocycles. The zero-order valence-electron chi connectivity index (χ0n) is 10.3. The Morgan fingerprint density at radius 3 is 1.57 bits per heavy atom. The monoisotopic (exact) mass is 414 g/mol. The summed E-state index contributed by atoms with van der Waals surface area (Å²) in [5, 5.41) is 7.71. The number of hydrogen-bond donors (Lipinski definition) is 0. The van der Waals surface area contributed by atoms with Gasteiger partial charge in [0.05, 0.1) is 8.95 Å². The molecule has 0 spiro atoms. The van der Waals surface area contributed by atoms with Gasteiger partial charge >= 0.3 is 0 Å². The summed E-state index contributed by atoms with van der Waals surface area (Å²) in [5.41, 5.74) is 0.902. The van der Waals surface area contributed by atoms with Gasteiger partial charge in [0.25, 0.3) is 0 Å². The van der Waals surface area contributed by atoms with Gasteiger partial charge in [-0.1, -0.05) is 0 Å². The average Bonchev–Trinajstić information content (AvgIpc) is 2.94. The first-order valence-corrected chi connectivity index (χ1v) is 7.37. The molecule has 0 fully saturated rings. The van der Waals surface area contributed by atoms with Gasteiger partial charge in [0.2, 0.25) is 11.8 Å². The number of halogens is 4. The molecule has 3 nitrogen and oxygen atoms in total. The van der Waals surface area contributed by atoms with Gasteiger partial charge in [-0.2, -0.15) is 0 Å². The minimum Gasteiger partial charge on any atom is -0.416 e. The molecular weight excluding hydrogens is 410 g/mol. The number of benzene rings is 2. The molecule has 3 rings (SSSR count). The maximum atomic E-state index is 13.5. The minimum atomic E-state index is -0.429. The van der Waals surface area contributed by atoms with Crippen LogP contribution in [0.4, 0.5) is 8.78 Å². The number of rotatable bonds is 2. The van der Waals surface area contributed by atoms with Crippen LogP contribution in [0.1, 0.15) is 0 Å². The maximum Gasteiger partial charge on any atom is 0.248 e. The van der Waals surface area contributed by atoms with Crippen molar-refractivity contribution in [3.8, 4) is 22.9 Å². The van der Waals surface area contributed by atoms with Crippen molar-refractivity contribution < 1.29 is 13.2 Å². The van der Waals surface area contributed by atoms with Crippen LogP contribution < -0.4 is 0 Å². The zero-order valence-corrected chi connectivity index (χ0v) is 13.5. The average molecular weight is 416 g/mol. The summed E-state index contributed by atoms with van der Waals surface area (Å²) >= 11 is 6.14. The van der Waals surface area contributed by atoms with Crippen molar-refractivity contribution in [1.29, 1.82) is 0 Å². The lowest BCUT2D eigenvalue weighted by atomic mass is 10.2. The predicted octanol–water partition coefficient (Wildman–Crippen LogP) is 5.21. The Morgan fingerprint density at radius 2 is 1.19 bits per heavy atom. The van der Waals surface area contributed by atoms with Gasteiger partial charge in [0.15, 0.2) is 0 Å². The Labute approximate surface area is 135 Å². The quantitative estimate of drug-likeness (QED) is 0.576. The van der Waals surface area contributed by atoms with E-state index in [1.165, 1.54) is 12.1 Å². The van der Waals surface area contributed by atoms with Gasteiger partial charge in [-0.3, -0.25) is 0 Å². The molecule has 0 bridgehead atoms. The Morgan fingerprint density at radius 1 is 0.762 bits per heavy atom. The van der Waals surface area contributed by atoms with Crippen LogP contribution in [0.5, 0.6) is 0 Å². The van der Waals surface area contributed by atoms with E-state index in [1.807, 2.05) is 0 Å². The van der Waals surface area contributed by atoms with Gasteiger partial charge in [-0.25, -0.2) is 8.78 Å². The van der Waals surface area contributed by atoms with E-state index >= 15 is 0 Å². The van der Waals surface area contributed by atoms with Crippen LogP contribution in [0.15, 0.2) is 49.8 Å². The minimum absolute atomic E-state index is 0.166. The second kappa shape index (κ2) is 5.65. The SMILES string of the molecule is Fc1cc(-c2nnc(-c3ccc(Br)c(F)c3)o2)ccc1Br. The second-order valence-electron chi connectivity index (χ2n) is 4.17. The third kappa shape index (κ3) is 2.89. The van der Waals surface area contributed by atoms with E-state index in [0.717, 1.165) is 0 Å². The van der Waals surface area contributed by atoms with E-state index in [0.29, 0.717) is 20.1 Å². The molecule has 1 heterocycles. The van der Waals surface area contributed by atoms with Crippen molar-refractivity contribution in [2.75, 3.05) is 0 Å². The van der Waals surface area contributed by atoms with E-state index in [2.05, 4.69) is 42.1 Å². The van der Waals surface area contributed by atoms with Crippen LogP contribution in [0, 0.1) is 11.6 Å². The second-order valence-corrected chi connectivity index (χ2v) is 5.88. The molecule has 0 aliphatic carbocycles. The summed E-state index contributed by atoms with van der Waals surface area (Å²) in [6, 6.07) is 8.95. The highest BCUT2D eigenvalue weighted by molar-refractivity contribution is 9.10. The summed E-state index contributed by atoms with van der Waals surface area (Å²) in [5.74, 6) is -0.525. The molecule has 0 unspecified atom stereocenters. The lowest BCUT2D eigenvalue weighted by Gasteiger charge is -1.98. The predicted molar refractivity (Wildman–Crippen MR) is 80.5 cm³/mol. The Balaban J connectivity index is 1.99. The molecule has 0 atom stereocenters. The highest BCUT2D eigenvalue weighted by Crippen LogP contribution is 2.28. The molecule has 3 aromatic rings. The van der Waals surface area contributed by atoms with E-state index in [1.54, 1.807) is 24.3 Å².